The number of hydrogen-bond acceptors (Lipinski definition) is 2. The summed E-state index contributed by atoms with van der Waals surface area (Å²) in [6, 6.07) is 4.50. The van der Waals surface area contributed by atoms with Crippen LogP contribution in [-0.4, -0.2) is 19.7 Å². The normalized spacial score (nSPS) is 20.8. The van der Waals surface area contributed by atoms with Crippen LogP contribution in [0.3, 0.4) is 0 Å². The zero-order valence-electron chi connectivity index (χ0n) is 9.01. The molecule has 1 aromatic carbocycles. The molecule has 2 rings (SSSR count). The van der Waals surface area contributed by atoms with Crippen molar-refractivity contribution in [3.8, 4) is 5.75 Å². The van der Waals surface area contributed by atoms with Gasteiger partial charge in [-0.3, -0.25) is 0 Å². The molecule has 0 aromatic heterocycles. The lowest BCUT2D eigenvalue weighted by molar-refractivity contribution is 0.217. The molecule has 1 aliphatic heterocycles. The number of piperidine rings is 1. The third-order valence-electron chi connectivity index (χ3n) is 2.77. The molecule has 1 heterocycles. The molecule has 1 fully saturated rings. The van der Waals surface area contributed by atoms with Gasteiger partial charge in [-0.15, -0.1) is 0 Å². The molecule has 0 saturated carbocycles. The van der Waals surface area contributed by atoms with Crippen LogP contribution < -0.4 is 10.1 Å². The summed E-state index contributed by atoms with van der Waals surface area (Å²) in [5.41, 5.74) is 0. The predicted molar refractivity (Wildman–Crippen MR) is 65.2 cm³/mol. The number of ether oxygens (including phenoxy) is 1. The van der Waals surface area contributed by atoms with E-state index in [1.807, 2.05) is 0 Å². The number of hydrogen-bond donors (Lipinski definition) is 1. The molecule has 1 aromatic rings. The average Bonchev–Trinajstić information content (AvgIpc) is 2.29. The lowest BCUT2D eigenvalue weighted by Crippen LogP contribution is -2.33. The highest BCUT2D eigenvalue weighted by Crippen LogP contribution is 2.26. The highest BCUT2D eigenvalue weighted by molar-refractivity contribution is 9.10. The quantitative estimate of drug-likeness (QED) is 0.923. The van der Waals surface area contributed by atoms with Crippen molar-refractivity contribution in [3.05, 3.63) is 28.5 Å². The Morgan fingerprint density at radius 2 is 2.38 bits per heavy atom. The maximum Gasteiger partial charge on any atom is 0.133 e. The van der Waals surface area contributed by atoms with E-state index in [-0.39, 0.29) is 5.82 Å². The van der Waals surface area contributed by atoms with Gasteiger partial charge in [0, 0.05) is 12.5 Å². The highest BCUT2D eigenvalue weighted by Gasteiger charge is 2.14. The van der Waals surface area contributed by atoms with Crippen LogP contribution in [0.4, 0.5) is 4.39 Å². The summed E-state index contributed by atoms with van der Waals surface area (Å²) in [7, 11) is 0. The number of rotatable bonds is 3. The third-order valence-corrected chi connectivity index (χ3v) is 3.39. The van der Waals surface area contributed by atoms with E-state index >= 15 is 0 Å². The van der Waals surface area contributed by atoms with Crippen LogP contribution in [0.5, 0.6) is 5.75 Å². The second-order valence-electron chi connectivity index (χ2n) is 4.10. The van der Waals surface area contributed by atoms with Crippen LogP contribution in [0.25, 0.3) is 0 Å². The lowest BCUT2D eigenvalue weighted by Gasteiger charge is -2.23. The SMILES string of the molecule is Fc1ccc(OC[C@@H]2CCCNC2)c(Br)c1. The molecule has 16 heavy (non-hydrogen) atoms. The summed E-state index contributed by atoms with van der Waals surface area (Å²) in [6.45, 7) is 2.81. The molecule has 1 N–H and O–H groups in total. The zero-order chi connectivity index (χ0) is 11.4. The largest absolute Gasteiger partial charge is 0.492 e. The molecule has 0 bridgehead atoms. The fourth-order valence-corrected chi connectivity index (χ4v) is 2.33. The Balaban J connectivity index is 1.88. The van der Waals surface area contributed by atoms with Gasteiger partial charge in [-0.1, -0.05) is 0 Å². The van der Waals surface area contributed by atoms with Crippen molar-refractivity contribution in [2.24, 2.45) is 5.92 Å². The van der Waals surface area contributed by atoms with Crippen molar-refractivity contribution in [3.63, 3.8) is 0 Å². The van der Waals surface area contributed by atoms with Crippen molar-refractivity contribution in [2.45, 2.75) is 12.8 Å². The molecule has 4 heteroatoms. The summed E-state index contributed by atoms with van der Waals surface area (Å²) in [5.74, 6) is 1.02. The predicted octanol–water partition coefficient (Wildman–Crippen LogP) is 2.97. The minimum atomic E-state index is -0.251. The Hall–Kier alpha value is -0.610. The Kier molecular flexibility index (Phi) is 4.18. The van der Waals surface area contributed by atoms with Crippen molar-refractivity contribution in [1.82, 2.24) is 5.32 Å². The van der Waals surface area contributed by atoms with Crippen molar-refractivity contribution >= 4 is 15.9 Å². The molecule has 0 amide bonds. The summed E-state index contributed by atoms with van der Waals surface area (Å²) in [5, 5.41) is 3.34. The van der Waals surface area contributed by atoms with Gasteiger partial charge in [0.15, 0.2) is 0 Å². The van der Waals surface area contributed by atoms with Gasteiger partial charge in [0.2, 0.25) is 0 Å². The fourth-order valence-electron chi connectivity index (χ4n) is 1.87. The molecular formula is C12H15BrFNO. The minimum Gasteiger partial charge on any atom is -0.492 e. The molecule has 0 spiro atoms. The van der Waals surface area contributed by atoms with Crippen LogP contribution in [0.15, 0.2) is 22.7 Å². The standard InChI is InChI=1S/C12H15BrFNO/c13-11-6-10(14)3-4-12(11)16-8-9-2-1-5-15-7-9/h3-4,6,9,15H,1-2,5,7-8H2/t9-/m1/s1. The van der Waals surface area contributed by atoms with E-state index in [0.29, 0.717) is 22.7 Å². The van der Waals surface area contributed by atoms with Gasteiger partial charge < -0.3 is 10.1 Å². The molecule has 0 radical (unpaired) electrons. The van der Waals surface area contributed by atoms with E-state index in [9.17, 15) is 4.39 Å². The van der Waals surface area contributed by atoms with Gasteiger partial charge in [-0.25, -0.2) is 4.39 Å². The van der Waals surface area contributed by atoms with Crippen LogP contribution in [0.2, 0.25) is 0 Å². The monoisotopic (exact) mass is 287 g/mol. The van der Waals surface area contributed by atoms with Gasteiger partial charge in [-0.05, 0) is 53.5 Å². The molecule has 1 saturated heterocycles. The smallest absolute Gasteiger partial charge is 0.133 e. The van der Waals surface area contributed by atoms with E-state index in [2.05, 4.69) is 21.2 Å². The molecule has 0 unspecified atom stereocenters. The van der Waals surface area contributed by atoms with Gasteiger partial charge in [0.25, 0.3) is 0 Å². The Morgan fingerprint density at radius 3 is 3.06 bits per heavy atom. The Bertz CT molecular complexity index is 353. The maximum atomic E-state index is 12.8. The highest BCUT2D eigenvalue weighted by atomic mass is 79.9. The molecule has 2 nitrogen and oxygen atoms in total. The molecule has 88 valence electrons. The first-order valence-electron chi connectivity index (χ1n) is 5.54. The number of halogens is 2. The summed E-state index contributed by atoms with van der Waals surface area (Å²) >= 11 is 3.29. The Morgan fingerprint density at radius 1 is 1.50 bits per heavy atom. The summed E-state index contributed by atoms with van der Waals surface area (Å²) in [4.78, 5) is 0. The average molecular weight is 288 g/mol. The van der Waals surface area contributed by atoms with Gasteiger partial charge in [0.1, 0.15) is 11.6 Å². The van der Waals surface area contributed by atoms with Crippen LogP contribution >= 0.6 is 15.9 Å². The van der Waals surface area contributed by atoms with Crippen LogP contribution in [0, 0.1) is 11.7 Å². The second kappa shape index (κ2) is 5.64. The second-order valence-corrected chi connectivity index (χ2v) is 4.95. The molecule has 1 atom stereocenters. The topological polar surface area (TPSA) is 21.3 Å². The Labute approximate surface area is 103 Å². The summed E-state index contributed by atoms with van der Waals surface area (Å²) in [6.07, 6.45) is 2.41. The van der Waals surface area contributed by atoms with Gasteiger partial charge >= 0.3 is 0 Å². The van der Waals surface area contributed by atoms with Gasteiger partial charge in [0.05, 0.1) is 11.1 Å². The van der Waals surface area contributed by atoms with E-state index in [1.165, 1.54) is 25.0 Å². The van der Waals surface area contributed by atoms with Crippen molar-refractivity contribution in [1.29, 1.82) is 0 Å². The first kappa shape index (κ1) is 11.9. The lowest BCUT2D eigenvalue weighted by atomic mass is 10.0. The van der Waals surface area contributed by atoms with Gasteiger partial charge in [-0.2, -0.15) is 0 Å². The van der Waals surface area contributed by atoms with Crippen LogP contribution in [-0.2, 0) is 0 Å². The zero-order valence-corrected chi connectivity index (χ0v) is 10.6. The maximum absolute atomic E-state index is 12.8. The van der Waals surface area contributed by atoms with Crippen LogP contribution in [0.1, 0.15) is 12.8 Å². The molecule has 0 aliphatic carbocycles. The minimum absolute atomic E-state index is 0.251. The third kappa shape index (κ3) is 3.19. The summed E-state index contributed by atoms with van der Waals surface area (Å²) < 4.78 is 19.2. The molecule has 1 aliphatic rings. The molecular weight excluding hydrogens is 273 g/mol. The van der Waals surface area contributed by atoms with E-state index in [1.54, 1.807) is 6.07 Å². The number of nitrogens with one attached hydrogen (secondary N) is 1. The first-order valence-corrected chi connectivity index (χ1v) is 6.33. The van der Waals surface area contributed by atoms with Crippen molar-refractivity contribution in [2.75, 3.05) is 19.7 Å². The van der Waals surface area contributed by atoms with E-state index in [4.69, 9.17) is 4.74 Å². The van der Waals surface area contributed by atoms with Crippen molar-refractivity contribution < 1.29 is 9.13 Å². The van der Waals surface area contributed by atoms with E-state index < -0.39 is 0 Å². The number of benzene rings is 1. The van der Waals surface area contributed by atoms with E-state index in [0.717, 1.165) is 13.1 Å². The first-order chi connectivity index (χ1) is 7.75. The fraction of sp³-hybridized carbons (Fsp3) is 0.500.